The van der Waals surface area contributed by atoms with E-state index in [1.165, 1.54) is 6.92 Å². The van der Waals surface area contributed by atoms with Crippen molar-refractivity contribution >= 4 is 34.2 Å². The van der Waals surface area contributed by atoms with Crippen LogP contribution >= 0.6 is 15.9 Å². The van der Waals surface area contributed by atoms with Gasteiger partial charge in [0.15, 0.2) is 12.4 Å². The van der Waals surface area contributed by atoms with Gasteiger partial charge in [0, 0.05) is 4.47 Å². The smallest absolute Gasteiger partial charge is 0.318 e. The highest BCUT2D eigenvalue weighted by molar-refractivity contribution is 9.10. The zero-order valence-corrected chi connectivity index (χ0v) is 11.1. The maximum Gasteiger partial charge on any atom is 0.318 e. The van der Waals surface area contributed by atoms with E-state index in [0.29, 0.717) is 16.3 Å². The number of benzene rings is 1. The van der Waals surface area contributed by atoms with E-state index in [0.717, 1.165) is 0 Å². The van der Waals surface area contributed by atoms with Crippen LogP contribution in [0.5, 0.6) is 5.75 Å². The van der Waals surface area contributed by atoms with Crippen molar-refractivity contribution < 1.29 is 19.1 Å². The molecule has 0 aliphatic rings. The molecule has 3 N–H and O–H groups in total. The molecule has 1 aromatic carbocycles. The average molecular weight is 315 g/mol. The lowest BCUT2D eigenvalue weighted by Crippen LogP contribution is -2.42. The standard InChI is InChI=1S/C11H11BrN2O4/c1-6(10(16)14-11(13)17)18-9-3-2-8(12)4-7(9)5-15/h2-6H,1H3,(H3,13,14,16,17)/t6-/m1/s1. The summed E-state index contributed by atoms with van der Waals surface area (Å²) in [7, 11) is 0. The van der Waals surface area contributed by atoms with Gasteiger partial charge in [-0.15, -0.1) is 0 Å². The summed E-state index contributed by atoms with van der Waals surface area (Å²) >= 11 is 3.21. The quantitative estimate of drug-likeness (QED) is 0.816. The summed E-state index contributed by atoms with van der Waals surface area (Å²) in [5.74, 6) is -0.428. The number of halogens is 1. The first kappa shape index (κ1) is 14.2. The molecule has 0 saturated carbocycles. The van der Waals surface area contributed by atoms with Crippen LogP contribution in [0, 0.1) is 0 Å². The number of aldehydes is 1. The Labute approximate surface area is 112 Å². The van der Waals surface area contributed by atoms with Crippen LogP contribution in [0.3, 0.4) is 0 Å². The van der Waals surface area contributed by atoms with Crippen molar-refractivity contribution in [2.24, 2.45) is 5.73 Å². The van der Waals surface area contributed by atoms with E-state index in [-0.39, 0.29) is 5.75 Å². The molecular weight excluding hydrogens is 304 g/mol. The molecule has 18 heavy (non-hydrogen) atoms. The zero-order valence-electron chi connectivity index (χ0n) is 9.48. The Morgan fingerprint density at radius 3 is 2.72 bits per heavy atom. The van der Waals surface area contributed by atoms with Crippen molar-refractivity contribution in [3.8, 4) is 5.75 Å². The van der Waals surface area contributed by atoms with Crippen LogP contribution < -0.4 is 15.8 Å². The third-order valence-corrected chi connectivity index (χ3v) is 2.51. The second-order valence-corrected chi connectivity index (χ2v) is 4.33. The SMILES string of the molecule is C[C@@H](Oc1ccc(Br)cc1C=O)C(=O)NC(N)=O. The number of urea groups is 1. The summed E-state index contributed by atoms with van der Waals surface area (Å²) in [6.45, 7) is 1.44. The van der Waals surface area contributed by atoms with Crippen LogP contribution in [0.4, 0.5) is 4.79 Å². The molecule has 7 heteroatoms. The number of nitrogens with one attached hydrogen (secondary N) is 1. The molecule has 0 bridgehead atoms. The number of ether oxygens (including phenoxy) is 1. The predicted octanol–water partition coefficient (Wildman–Crippen LogP) is 1.22. The van der Waals surface area contributed by atoms with Gasteiger partial charge in [0.25, 0.3) is 5.91 Å². The number of primary amides is 1. The first-order valence-corrected chi connectivity index (χ1v) is 5.75. The summed E-state index contributed by atoms with van der Waals surface area (Å²) in [4.78, 5) is 32.7. The Morgan fingerprint density at radius 2 is 2.17 bits per heavy atom. The maximum atomic E-state index is 11.4. The number of rotatable bonds is 4. The second-order valence-electron chi connectivity index (χ2n) is 3.41. The van der Waals surface area contributed by atoms with Crippen molar-refractivity contribution in [2.45, 2.75) is 13.0 Å². The third-order valence-electron chi connectivity index (χ3n) is 2.02. The van der Waals surface area contributed by atoms with Crippen LogP contribution in [0.25, 0.3) is 0 Å². The number of amides is 3. The van der Waals surface area contributed by atoms with Crippen molar-refractivity contribution in [2.75, 3.05) is 0 Å². The molecule has 0 heterocycles. The van der Waals surface area contributed by atoms with Crippen LogP contribution in [0.2, 0.25) is 0 Å². The summed E-state index contributed by atoms with van der Waals surface area (Å²) in [6.07, 6.45) is -0.337. The molecule has 0 radical (unpaired) electrons. The van der Waals surface area contributed by atoms with Gasteiger partial charge in [-0.2, -0.15) is 0 Å². The van der Waals surface area contributed by atoms with Crippen molar-refractivity contribution in [1.82, 2.24) is 5.32 Å². The first-order chi connectivity index (χ1) is 8.43. The van der Waals surface area contributed by atoms with Gasteiger partial charge in [0.05, 0.1) is 5.56 Å². The number of nitrogens with two attached hydrogens (primary N) is 1. The number of carbonyl (C=O) groups excluding carboxylic acids is 3. The van der Waals surface area contributed by atoms with E-state index >= 15 is 0 Å². The lowest BCUT2D eigenvalue weighted by Gasteiger charge is -2.14. The van der Waals surface area contributed by atoms with E-state index in [2.05, 4.69) is 15.9 Å². The summed E-state index contributed by atoms with van der Waals surface area (Å²) in [5.41, 5.74) is 5.11. The number of hydrogen-bond acceptors (Lipinski definition) is 4. The Morgan fingerprint density at radius 1 is 1.50 bits per heavy atom. The van der Waals surface area contributed by atoms with Crippen LogP contribution in [0.15, 0.2) is 22.7 Å². The minimum absolute atomic E-state index is 0.250. The van der Waals surface area contributed by atoms with E-state index < -0.39 is 18.0 Å². The fourth-order valence-electron chi connectivity index (χ4n) is 1.19. The third kappa shape index (κ3) is 3.85. The highest BCUT2D eigenvalue weighted by Crippen LogP contribution is 2.22. The number of hydrogen-bond donors (Lipinski definition) is 2. The molecule has 0 aliphatic heterocycles. The van der Waals surface area contributed by atoms with E-state index in [9.17, 15) is 14.4 Å². The number of carbonyl (C=O) groups is 3. The molecule has 0 fully saturated rings. The summed E-state index contributed by atoms with van der Waals surface area (Å²) < 4.78 is 6.00. The lowest BCUT2D eigenvalue weighted by molar-refractivity contribution is -0.126. The Kier molecular flexibility index (Phi) is 4.85. The molecule has 0 unspecified atom stereocenters. The largest absolute Gasteiger partial charge is 0.480 e. The van der Waals surface area contributed by atoms with Gasteiger partial charge >= 0.3 is 6.03 Å². The van der Waals surface area contributed by atoms with Crippen LogP contribution in [-0.4, -0.2) is 24.3 Å². The first-order valence-electron chi connectivity index (χ1n) is 4.95. The molecule has 0 aliphatic carbocycles. The normalized spacial score (nSPS) is 11.4. The highest BCUT2D eigenvalue weighted by atomic mass is 79.9. The van der Waals surface area contributed by atoms with Gasteiger partial charge in [0.2, 0.25) is 0 Å². The molecule has 0 saturated heterocycles. The molecule has 96 valence electrons. The molecule has 1 atom stereocenters. The van der Waals surface area contributed by atoms with Gasteiger partial charge < -0.3 is 10.5 Å². The van der Waals surface area contributed by atoms with Crippen molar-refractivity contribution in [3.63, 3.8) is 0 Å². The molecular formula is C11H11BrN2O4. The lowest BCUT2D eigenvalue weighted by atomic mass is 10.2. The monoisotopic (exact) mass is 314 g/mol. The van der Waals surface area contributed by atoms with Gasteiger partial charge in [-0.25, -0.2) is 4.79 Å². The Balaban J connectivity index is 2.81. The zero-order chi connectivity index (χ0) is 13.7. The maximum absolute atomic E-state index is 11.4. The minimum Gasteiger partial charge on any atom is -0.480 e. The molecule has 3 amide bonds. The van der Waals surface area contributed by atoms with Gasteiger partial charge in [-0.3, -0.25) is 14.9 Å². The van der Waals surface area contributed by atoms with Gasteiger partial charge in [-0.1, -0.05) is 15.9 Å². The number of imide groups is 1. The van der Waals surface area contributed by atoms with Gasteiger partial charge in [0.1, 0.15) is 5.75 Å². The van der Waals surface area contributed by atoms with E-state index in [4.69, 9.17) is 10.5 Å². The Bertz CT molecular complexity index is 490. The fourth-order valence-corrected chi connectivity index (χ4v) is 1.56. The topological polar surface area (TPSA) is 98.5 Å². The Hall–Kier alpha value is -1.89. The molecule has 1 rings (SSSR count). The van der Waals surface area contributed by atoms with E-state index in [1.54, 1.807) is 18.2 Å². The van der Waals surface area contributed by atoms with Gasteiger partial charge in [-0.05, 0) is 25.1 Å². The summed E-state index contributed by atoms with van der Waals surface area (Å²) in [5, 5.41) is 1.89. The van der Waals surface area contributed by atoms with E-state index in [1.807, 2.05) is 5.32 Å². The predicted molar refractivity (Wildman–Crippen MR) is 67.3 cm³/mol. The minimum atomic E-state index is -0.957. The molecule has 0 aromatic heterocycles. The molecule has 6 nitrogen and oxygen atoms in total. The van der Waals surface area contributed by atoms with Crippen LogP contribution in [0.1, 0.15) is 17.3 Å². The average Bonchev–Trinajstić information content (AvgIpc) is 2.30. The molecule has 1 aromatic rings. The van der Waals surface area contributed by atoms with Crippen molar-refractivity contribution in [1.29, 1.82) is 0 Å². The fraction of sp³-hybridized carbons (Fsp3) is 0.182. The van der Waals surface area contributed by atoms with Crippen LogP contribution in [-0.2, 0) is 4.79 Å². The molecule has 0 spiro atoms. The highest BCUT2D eigenvalue weighted by Gasteiger charge is 2.17. The summed E-state index contributed by atoms with van der Waals surface area (Å²) in [6, 6.07) is 3.81. The second kappa shape index (κ2) is 6.15. The van der Waals surface area contributed by atoms with Crippen molar-refractivity contribution in [3.05, 3.63) is 28.2 Å².